The number of aromatic amines is 1. The van der Waals surface area contributed by atoms with E-state index in [4.69, 9.17) is 9.47 Å². The van der Waals surface area contributed by atoms with Crippen molar-refractivity contribution in [2.75, 3.05) is 25.7 Å². The Bertz CT molecular complexity index is 1680. The summed E-state index contributed by atoms with van der Waals surface area (Å²) >= 11 is 0. The largest absolute Gasteiger partial charge is 0.493 e. The summed E-state index contributed by atoms with van der Waals surface area (Å²) in [6, 6.07) is 19.2. The van der Waals surface area contributed by atoms with Crippen LogP contribution < -0.4 is 19.9 Å². The average Bonchev–Trinajstić information content (AvgIpc) is 3.57. The first-order chi connectivity index (χ1) is 18.6. The van der Waals surface area contributed by atoms with Crippen LogP contribution >= 0.6 is 0 Å². The van der Waals surface area contributed by atoms with Crippen LogP contribution in [0.15, 0.2) is 71.5 Å². The van der Waals surface area contributed by atoms with Gasteiger partial charge in [-0.25, -0.2) is 9.07 Å². The number of hydrogen-bond acceptors (Lipinski definition) is 7. The van der Waals surface area contributed by atoms with Crippen molar-refractivity contribution in [2.24, 2.45) is 0 Å². The quantitative estimate of drug-likeness (QED) is 0.354. The smallest absolute Gasteiger partial charge is 0.254 e. The number of nitrogens with zero attached hydrogens (tertiary/aromatic N) is 5. The van der Waals surface area contributed by atoms with Crippen LogP contribution in [-0.4, -0.2) is 46.0 Å². The van der Waals surface area contributed by atoms with Crippen molar-refractivity contribution < 1.29 is 13.9 Å². The zero-order valence-electron chi connectivity index (χ0n) is 20.9. The highest BCUT2D eigenvalue weighted by Crippen LogP contribution is 2.38. The van der Waals surface area contributed by atoms with Gasteiger partial charge in [0.1, 0.15) is 11.9 Å². The number of nitrogens with one attached hydrogen (secondary N) is 1. The van der Waals surface area contributed by atoms with Gasteiger partial charge in [-0.2, -0.15) is 0 Å². The first kappa shape index (κ1) is 23.7. The van der Waals surface area contributed by atoms with E-state index in [2.05, 4.69) is 31.5 Å². The highest BCUT2D eigenvalue weighted by Gasteiger charge is 2.34. The lowest BCUT2D eigenvalue weighted by atomic mass is 10.0. The number of benzene rings is 3. The molecular weight excluding hydrogens is 487 g/mol. The maximum absolute atomic E-state index is 13.6. The summed E-state index contributed by atoms with van der Waals surface area (Å²) in [5.41, 5.74) is 3.93. The maximum Gasteiger partial charge on any atom is 0.254 e. The third-order valence-electron chi connectivity index (χ3n) is 6.96. The number of hydrogen-bond donors (Lipinski definition) is 1. The first-order valence-corrected chi connectivity index (χ1v) is 12.2. The van der Waals surface area contributed by atoms with Gasteiger partial charge in [-0.1, -0.05) is 30.3 Å². The molecule has 9 nitrogen and oxygen atoms in total. The Labute approximate surface area is 217 Å². The summed E-state index contributed by atoms with van der Waals surface area (Å²) in [4.78, 5) is 18.8. The molecule has 0 aliphatic carbocycles. The third kappa shape index (κ3) is 4.13. The number of anilines is 1. The fourth-order valence-electron chi connectivity index (χ4n) is 5.11. The number of aromatic nitrogens is 5. The Kier molecular flexibility index (Phi) is 5.99. The number of halogens is 1. The predicted molar refractivity (Wildman–Crippen MR) is 140 cm³/mol. The highest BCUT2D eigenvalue weighted by molar-refractivity contribution is 5.83. The van der Waals surface area contributed by atoms with Gasteiger partial charge in [0.25, 0.3) is 5.56 Å². The summed E-state index contributed by atoms with van der Waals surface area (Å²) in [5, 5.41) is 13.4. The molecule has 2 aromatic heterocycles. The molecule has 3 heterocycles. The van der Waals surface area contributed by atoms with Crippen LogP contribution in [0.1, 0.15) is 28.6 Å². The molecule has 0 spiro atoms. The normalized spacial score (nSPS) is 13.5. The van der Waals surface area contributed by atoms with E-state index in [1.165, 1.54) is 17.7 Å². The Morgan fingerprint density at radius 1 is 1.03 bits per heavy atom. The van der Waals surface area contributed by atoms with Crippen LogP contribution in [-0.2, 0) is 13.0 Å². The van der Waals surface area contributed by atoms with Crippen LogP contribution in [0.25, 0.3) is 10.9 Å². The monoisotopic (exact) mass is 512 g/mol. The Balaban J connectivity index is 1.52. The molecule has 0 saturated heterocycles. The summed E-state index contributed by atoms with van der Waals surface area (Å²) in [6.45, 7) is 1.02. The first-order valence-electron chi connectivity index (χ1n) is 12.2. The molecule has 38 heavy (non-hydrogen) atoms. The summed E-state index contributed by atoms with van der Waals surface area (Å²) < 4.78 is 26.1. The summed E-state index contributed by atoms with van der Waals surface area (Å²) in [6.07, 6.45) is 0.836. The zero-order chi connectivity index (χ0) is 26.2. The van der Waals surface area contributed by atoms with E-state index in [9.17, 15) is 9.18 Å². The van der Waals surface area contributed by atoms with E-state index >= 15 is 0 Å². The van der Waals surface area contributed by atoms with Crippen LogP contribution in [0.2, 0.25) is 0 Å². The molecule has 0 radical (unpaired) electrons. The van der Waals surface area contributed by atoms with Crippen molar-refractivity contribution in [3.8, 4) is 11.5 Å². The van der Waals surface area contributed by atoms with Gasteiger partial charge in [-0.05, 0) is 58.3 Å². The molecule has 10 heteroatoms. The second-order valence-corrected chi connectivity index (χ2v) is 9.14. The standard InChI is InChI=1S/C28H25FN6O3/c1-37-24-14-19-13-21(28(36)30-22(19)15-25(24)38-2)26(34-12-11-18-5-3-4-6-23(18)34)27-31-32-33-35(27)16-17-7-9-20(29)10-8-17/h3-10,13-15,26H,11-12,16H2,1-2H3,(H,30,36)/t26-/m1/s1. The van der Waals surface area contributed by atoms with E-state index in [0.717, 1.165) is 23.1 Å². The van der Waals surface area contributed by atoms with Crippen molar-refractivity contribution >= 4 is 16.6 Å². The number of rotatable bonds is 7. The van der Waals surface area contributed by atoms with Crippen molar-refractivity contribution in [3.05, 3.63) is 105 Å². The van der Waals surface area contributed by atoms with Gasteiger partial charge in [0.15, 0.2) is 17.3 Å². The Morgan fingerprint density at radius 2 is 1.79 bits per heavy atom. The van der Waals surface area contributed by atoms with Gasteiger partial charge in [-0.15, -0.1) is 5.10 Å². The number of methoxy groups -OCH3 is 2. The number of tetrazole rings is 1. The minimum atomic E-state index is -0.574. The average molecular weight is 513 g/mol. The molecule has 0 fully saturated rings. The topological polar surface area (TPSA) is 98.2 Å². The highest BCUT2D eigenvalue weighted by atomic mass is 19.1. The second-order valence-electron chi connectivity index (χ2n) is 9.14. The predicted octanol–water partition coefficient (Wildman–Crippen LogP) is 3.87. The number of ether oxygens (including phenoxy) is 2. The van der Waals surface area contributed by atoms with Crippen molar-refractivity contribution in [1.29, 1.82) is 0 Å². The lowest BCUT2D eigenvalue weighted by Crippen LogP contribution is -2.34. The van der Waals surface area contributed by atoms with Crippen LogP contribution in [0, 0.1) is 5.82 Å². The molecule has 0 unspecified atom stereocenters. The number of fused-ring (bicyclic) bond motifs is 2. The molecule has 1 aliphatic rings. The van der Waals surface area contributed by atoms with Gasteiger partial charge in [-0.3, -0.25) is 4.79 Å². The Morgan fingerprint density at radius 3 is 2.58 bits per heavy atom. The Hall–Kier alpha value is -4.73. The number of H-pyrrole nitrogens is 1. The van der Waals surface area contributed by atoms with E-state index < -0.39 is 6.04 Å². The molecule has 6 rings (SSSR count). The fraction of sp³-hybridized carbons (Fsp3) is 0.214. The molecule has 0 amide bonds. The molecule has 1 atom stereocenters. The molecular formula is C28H25FN6O3. The number of para-hydroxylation sites is 1. The summed E-state index contributed by atoms with van der Waals surface area (Å²) in [7, 11) is 3.13. The zero-order valence-corrected chi connectivity index (χ0v) is 20.9. The third-order valence-corrected chi connectivity index (χ3v) is 6.96. The van der Waals surface area contributed by atoms with Crippen molar-refractivity contribution in [3.63, 3.8) is 0 Å². The van der Waals surface area contributed by atoms with Gasteiger partial charge >= 0.3 is 0 Å². The molecule has 5 aromatic rings. The van der Waals surface area contributed by atoms with Gasteiger partial charge in [0.2, 0.25) is 0 Å². The second kappa shape index (κ2) is 9.62. The maximum atomic E-state index is 13.6. The molecule has 0 bridgehead atoms. The molecule has 0 saturated carbocycles. The van der Waals surface area contributed by atoms with Gasteiger partial charge in [0.05, 0.1) is 26.3 Å². The van der Waals surface area contributed by atoms with Crippen molar-refractivity contribution in [2.45, 2.75) is 19.0 Å². The molecule has 3 aromatic carbocycles. The van der Waals surface area contributed by atoms with Crippen molar-refractivity contribution in [1.82, 2.24) is 25.2 Å². The summed E-state index contributed by atoms with van der Waals surface area (Å²) in [5.74, 6) is 1.28. The van der Waals surface area contributed by atoms with E-state index in [-0.39, 0.29) is 11.4 Å². The van der Waals surface area contributed by atoms with E-state index in [1.54, 1.807) is 37.1 Å². The van der Waals surface area contributed by atoms with Crippen LogP contribution in [0.5, 0.6) is 11.5 Å². The SMILES string of the molecule is COc1cc2cc([C@H](c3nnnn3Cc3ccc(F)cc3)N3CCc4ccccc43)c(=O)[nH]c2cc1OC. The molecule has 192 valence electrons. The lowest BCUT2D eigenvalue weighted by Gasteiger charge is -2.29. The fourth-order valence-corrected chi connectivity index (χ4v) is 5.11. The van der Waals surface area contributed by atoms with E-state index in [0.29, 0.717) is 41.5 Å². The molecule has 1 aliphatic heterocycles. The number of pyridine rings is 1. The minimum absolute atomic E-state index is 0.254. The van der Waals surface area contributed by atoms with Crippen LogP contribution in [0.3, 0.4) is 0 Å². The minimum Gasteiger partial charge on any atom is -0.493 e. The van der Waals surface area contributed by atoms with Crippen LogP contribution in [0.4, 0.5) is 10.1 Å². The lowest BCUT2D eigenvalue weighted by molar-refractivity contribution is 0.356. The van der Waals surface area contributed by atoms with Gasteiger partial charge < -0.3 is 19.4 Å². The van der Waals surface area contributed by atoms with E-state index in [1.807, 2.05) is 30.3 Å². The molecule has 1 N–H and O–H groups in total. The van der Waals surface area contributed by atoms with Gasteiger partial charge in [0, 0.05) is 29.2 Å².